The first-order valence-corrected chi connectivity index (χ1v) is 9.40. The molecule has 31 heavy (non-hydrogen) atoms. The Labute approximate surface area is 175 Å². The van der Waals surface area contributed by atoms with Gasteiger partial charge in [-0.2, -0.15) is 5.10 Å². The molecule has 2 amide bonds. The fourth-order valence-corrected chi connectivity index (χ4v) is 3.15. The van der Waals surface area contributed by atoms with E-state index in [-0.39, 0.29) is 12.2 Å². The molecule has 3 rings (SSSR count). The molecule has 0 bridgehead atoms. The number of alkyl halides is 2. The fourth-order valence-electron chi connectivity index (χ4n) is 3.15. The van der Waals surface area contributed by atoms with Gasteiger partial charge in [-0.15, -0.1) is 0 Å². The zero-order valence-electron chi connectivity index (χ0n) is 16.8. The monoisotopic (exact) mass is 436 g/mol. The SMILES string of the molecule is Cc1oc2ccc(OCc3ccnn3CC(F)F)cc2c1C(=O)N[C@H](C(N)=O)[C@@H](C)O. The van der Waals surface area contributed by atoms with Gasteiger partial charge >= 0.3 is 0 Å². The molecular weight excluding hydrogens is 414 g/mol. The van der Waals surface area contributed by atoms with Crippen LogP contribution in [0, 0.1) is 6.92 Å². The van der Waals surface area contributed by atoms with Crippen molar-refractivity contribution >= 4 is 22.8 Å². The summed E-state index contributed by atoms with van der Waals surface area (Å²) >= 11 is 0. The molecule has 0 aliphatic rings. The number of fused-ring (bicyclic) bond motifs is 1. The minimum atomic E-state index is -2.55. The molecule has 2 atom stereocenters. The molecule has 4 N–H and O–H groups in total. The van der Waals surface area contributed by atoms with Gasteiger partial charge in [0.1, 0.15) is 36.3 Å². The van der Waals surface area contributed by atoms with Gasteiger partial charge in [0.15, 0.2) is 0 Å². The van der Waals surface area contributed by atoms with Gasteiger partial charge in [-0.25, -0.2) is 8.78 Å². The number of primary amides is 1. The van der Waals surface area contributed by atoms with E-state index in [1.165, 1.54) is 13.1 Å². The number of hydrogen-bond acceptors (Lipinski definition) is 6. The third-order valence-electron chi connectivity index (χ3n) is 4.64. The van der Waals surface area contributed by atoms with Gasteiger partial charge in [-0.3, -0.25) is 14.3 Å². The van der Waals surface area contributed by atoms with Crippen LogP contribution in [0.5, 0.6) is 5.75 Å². The maximum atomic E-state index is 12.7. The van der Waals surface area contributed by atoms with Gasteiger partial charge < -0.3 is 25.3 Å². The Morgan fingerprint density at radius 2 is 2.10 bits per heavy atom. The maximum absolute atomic E-state index is 12.7. The van der Waals surface area contributed by atoms with Crippen LogP contribution in [0.4, 0.5) is 8.78 Å². The number of ether oxygens (including phenoxy) is 1. The Balaban J connectivity index is 1.83. The van der Waals surface area contributed by atoms with Crippen LogP contribution in [0.1, 0.15) is 28.7 Å². The highest BCUT2D eigenvalue weighted by Crippen LogP contribution is 2.29. The van der Waals surface area contributed by atoms with Crippen molar-refractivity contribution in [2.75, 3.05) is 0 Å². The Kier molecular flexibility index (Phi) is 6.54. The van der Waals surface area contributed by atoms with Crippen LogP contribution in [-0.2, 0) is 17.9 Å². The molecule has 3 aromatic rings. The predicted octanol–water partition coefficient (Wildman–Crippen LogP) is 1.75. The predicted molar refractivity (Wildman–Crippen MR) is 106 cm³/mol. The van der Waals surface area contributed by atoms with E-state index in [0.717, 1.165) is 4.68 Å². The Morgan fingerprint density at radius 3 is 2.74 bits per heavy atom. The van der Waals surface area contributed by atoms with E-state index in [1.54, 1.807) is 31.2 Å². The second kappa shape index (κ2) is 9.13. The van der Waals surface area contributed by atoms with Crippen molar-refractivity contribution in [1.82, 2.24) is 15.1 Å². The molecule has 2 heterocycles. The van der Waals surface area contributed by atoms with Crippen molar-refractivity contribution < 1.29 is 32.6 Å². The van der Waals surface area contributed by atoms with Gasteiger partial charge in [0, 0.05) is 11.6 Å². The number of aliphatic hydroxyl groups excluding tert-OH is 1. The van der Waals surface area contributed by atoms with Crippen LogP contribution in [0.15, 0.2) is 34.9 Å². The first-order chi connectivity index (χ1) is 14.7. The number of amides is 2. The molecular formula is C20H22F2N4O5. The molecule has 0 fully saturated rings. The van der Waals surface area contributed by atoms with E-state index in [9.17, 15) is 23.5 Å². The van der Waals surface area contributed by atoms with Gasteiger partial charge in [0.25, 0.3) is 12.3 Å². The number of carbonyl (C=O) groups is 2. The number of nitrogens with two attached hydrogens (primary N) is 1. The summed E-state index contributed by atoms with van der Waals surface area (Å²) < 4.78 is 37.7. The number of aliphatic hydroxyl groups is 1. The highest BCUT2D eigenvalue weighted by atomic mass is 19.3. The van der Waals surface area contributed by atoms with Gasteiger partial charge in [-0.05, 0) is 38.1 Å². The number of hydrogen-bond donors (Lipinski definition) is 3. The fraction of sp³-hybridized carbons (Fsp3) is 0.350. The largest absolute Gasteiger partial charge is 0.487 e. The summed E-state index contributed by atoms with van der Waals surface area (Å²) in [5, 5.41) is 16.3. The summed E-state index contributed by atoms with van der Waals surface area (Å²) in [6.45, 7) is 2.36. The standard InChI is InChI=1S/C20H22F2N4O5/c1-10(27)18(19(23)28)25-20(29)17-11(2)31-15-4-3-13(7-14(15)17)30-9-12-5-6-24-26(12)8-16(21)22/h3-7,10,16,18,27H,8-9H2,1-2H3,(H2,23,28)(H,25,29)/t10-,18+/m1/s1. The minimum Gasteiger partial charge on any atom is -0.487 e. The zero-order valence-corrected chi connectivity index (χ0v) is 16.8. The van der Waals surface area contributed by atoms with Crippen LogP contribution in [-0.4, -0.2) is 45.3 Å². The van der Waals surface area contributed by atoms with Crippen LogP contribution < -0.4 is 15.8 Å². The number of halogens is 2. The lowest BCUT2D eigenvalue weighted by Crippen LogP contribution is -2.50. The number of nitrogens with zero attached hydrogens (tertiary/aromatic N) is 2. The molecule has 0 aliphatic heterocycles. The van der Waals surface area contributed by atoms with E-state index in [0.29, 0.717) is 28.2 Å². The van der Waals surface area contributed by atoms with Crippen LogP contribution in [0.3, 0.4) is 0 Å². The van der Waals surface area contributed by atoms with Crippen molar-refractivity contribution in [2.24, 2.45) is 5.73 Å². The van der Waals surface area contributed by atoms with Crippen molar-refractivity contribution in [2.45, 2.75) is 45.6 Å². The number of rotatable bonds is 9. The van der Waals surface area contributed by atoms with Gasteiger partial charge in [-0.1, -0.05) is 0 Å². The summed E-state index contributed by atoms with van der Waals surface area (Å²) in [6.07, 6.45) is -2.32. The molecule has 2 aromatic heterocycles. The van der Waals surface area contributed by atoms with Crippen molar-refractivity contribution in [1.29, 1.82) is 0 Å². The van der Waals surface area contributed by atoms with Crippen LogP contribution in [0.2, 0.25) is 0 Å². The Morgan fingerprint density at radius 1 is 1.35 bits per heavy atom. The first-order valence-electron chi connectivity index (χ1n) is 9.40. The van der Waals surface area contributed by atoms with E-state index in [4.69, 9.17) is 14.9 Å². The summed E-state index contributed by atoms with van der Waals surface area (Å²) in [6, 6.07) is 5.08. The molecule has 0 saturated heterocycles. The molecule has 1 aromatic carbocycles. The summed E-state index contributed by atoms with van der Waals surface area (Å²) in [7, 11) is 0. The lowest BCUT2D eigenvalue weighted by atomic mass is 10.1. The van der Waals surface area contributed by atoms with Crippen molar-refractivity contribution in [3.63, 3.8) is 0 Å². The van der Waals surface area contributed by atoms with Gasteiger partial charge in [0.05, 0.1) is 17.4 Å². The van der Waals surface area contributed by atoms with Gasteiger partial charge in [0.2, 0.25) is 5.91 Å². The molecule has 9 nitrogen and oxygen atoms in total. The quantitative estimate of drug-likeness (QED) is 0.468. The topological polar surface area (TPSA) is 133 Å². The van der Waals surface area contributed by atoms with E-state index in [2.05, 4.69) is 10.4 Å². The lowest BCUT2D eigenvalue weighted by molar-refractivity contribution is -0.122. The molecule has 11 heteroatoms. The smallest absolute Gasteiger partial charge is 0.257 e. The van der Waals surface area contributed by atoms with Crippen molar-refractivity contribution in [3.05, 3.63) is 47.5 Å². The van der Waals surface area contributed by atoms with Crippen LogP contribution >= 0.6 is 0 Å². The molecule has 0 unspecified atom stereocenters. The summed E-state index contributed by atoms with van der Waals surface area (Å²) in [5.41, 5.74) is 6.26. The third-order valence-corrected chi connectivity index (χ3v) is 4.64. The normalized spacial score (nSPS) is 13.4. The third kappa shape index (κ3) is 5.00. The molecule has 0 aliphatic carbocycles. The van der Waals surface area contributed by atoms with Crippen LogP contribution in [0.25, 0.3) is 11.0 Å². The molecule has 0 radical (unpaired) electrons. The lowest BCUT2D eigenvalue weighted by Gasteiger charge is -2.17. The molecule has 0 spiro atoms. The molecule has 166 valence electrons. The number of furan rings is 1. The average Bonchev–Trinajstić information content (AvgIpc) is 3.25. The highest BCUT2D eigenvalue weighted by Gasteiger charge is 2.27. The number of nitrogens with one attached hydrogen (secondary N) is 1. The maximum Gasteiger partial charge on any atom is 0.257 e. The Hall–Kier alpha value is -3.47. The second-order valence-corrected chi connectivity index (χ2v) is 6.97. The van der Waals surface area contributed by atoms with E-state index >= 15 is 0 Å². The zero-order chi connectivity index (χ0) is 22.7. The summed E-state index contributed by atoms with van der Waals surface area (Å²) in [5.74, 6) is -0.853. The summed E-state index contributed by atoms with van der Waals surface area (Å²) in [4.78, 5) is 24.2. The van der Waals surface area contributed by atoms with E-state index < -0.39 is 36.9 Å². The minimum absolute atomic E-state index is 0.0115. The average molecular weight is 436 g/mol. The number of carbonyl (C=O) groups excluding carboxylic acids is 2. The number of aromatic nitrogens is 2. The number of aryl methyl sites for hydroxylation is 1. The Bertz CT molecular complexity index is 1090. The number of benzene rings is 1. The first kappa shape index (κ1) is 22.2. The van der Waals surface area contributed by atoms with Crippen molar-refractivity contribution in [3.8, 4) is 5.75 Å². The molecule has 0 saturated carbocycles. The van der Waals surface area contributed by atoms with E-state index in [1.807, 2.05) is 0 Å². The highest BCUT2D eigenvalue weighted by molar-refractivity contribution is 6.08. The second-order valence-electron chi connectivity index (χ2n) is 6.97.